The minimum Gasteiger partial charge on any atom is -0.497 e. The Bertz CT molecular complexity index is 385. The molecule has 1 N–H and O–H groups in total. The Balaban J connectivity index is 2.83. The highest BCUT2D eigenvalue weighted by Crippen LogP contribution is 2.17. The van der Waals surface area contributed by atoms with Gasteiger partial charge in [0.1, 0.15) is 11.6 Å². The molecule has 0 saturated heterocycles. The molecule has 0 aliphatic rings. The van der Waals surface area contributed by atoms with Crippen LogP contribution in [-0.2, 0) is 4.79 Å². The van der Waals surface area contributed by atoms with Crippen LogP contribution in [0.4, 0.5) is 4.39 Å². The lowest BCUT2D eigenvalue weighted by Crippen LogP contribution is -1.90. The Morgan fingerprint density at radius 1 is 1.60 bits per heavy atom. The third kappa shape index (κ3) is 3.42. The number of rotatable bonds is 4. The van der Waals surface area contributed by atoms with Crippen LogP contribution in [0.5, 0.6) is 5.75 Å². The van der Waals surface area contributed by atoms with E-state index in [4.69, 9.17) is 9.84 Å². The predicted octanol–water partition coefficient (Wildman–Crippen LogP) is 2.32. The second kappa shape index (κ2) is 5.14. The molecule has 0 aliphatic heterocycles. The van der Waals surface area contributed by atoms with Crippen LogP contribution in [0, 0.1) is 5.82 Å². The number of benzene rings is 1. The number of carboxylic acid groups (broad SMARTS) is 1. The van der Waals surface area contributed by atoms with Crippen molar-refractivity contribution in [3.8, 4) is 5.75 Å². The van der Waals surface area contributed by atoms with E-state index >= 15 is 0 Å². The third-order valence-corrected chi connectivity index (χ3v) is 1.79. The van der Waals surface area contributed by atoms with Gasteiger partial charge in [0.15, 0.2) is 0 Å². The predicted molar refractivity (Wildman–Crippen MR) is 54.2 cm³/mol. The first kappa shape index (κ1) is 11.2. The van der Waals surface area contributed by atoms with Gasteiger partial charge in [-0.3, -0.25) is 4.79 Å². The van der Waals surface area contributed by atoms with Crippen LogP contribution in [0.25, 0.3) is 6.08 Å². The number of hydrogen-bond donors (Lipinski definition) is 1. The van der Waals surface area contributed by atoms with Gasteiger partial charge in [-0.1, -0.05) is 12.2 Å². The van der Waals surface area contributed by atoms with Crippen LogP contribution in [0.3, 0.4) is 0 Å². The summed E-state index contributed by atoms with van der Waals surface area (Å²) in [4.78, 5) is 10.2. The maximum atomic E-state index is 13.2. The van der Waals surface area contributed by atoms with Gasteiger partial charge in [-0.15, -0.1) is 0 Å². The summed E-state index contributed by atoms with van der Waals surface area (Å²) >= 11 is 0. The Kier molecular flexibility index (Phi) is 3.85. The molecule has 0 fully saturated rings. The maximum absolute atomic E-state index is 13.2. The van der Waals surface area contributed by atoms with E-state index in [0.29, 0.717) is 11.3 Å². The molecule has 15 heavy (non-hydrogen) atoms. The molecule has 0 atom stereocenters. The number of hydrogen-bond acceptors (Lipinski definition) is 2. The van der Waals surface area contributed by atoms with E-state index in [-0.39, 0.29) is 6.42 Å². The van der Waals surface area contributed by atoms with Crippen molar-refractivity contribution >= 4 is 12.0 Å². The summed E-state index contributed by atoms with van der Waals surface area (Å²) in [6.07, 6.45) is 2.68. The van der Waals surface area contributed by atoms with E-state index in [0.717, 1.165) is 0 Å². The second-order valence-electron chi connectivity index (χ2n) is 2.89. The fraction of sp³-hybridized carbons (Fsp3) is 0.182. The summed E-state index contributed by atoms with van der Waals surface area (Å²) in [6, 6.07) is 4.29. The van der Waals surface area contributed by atoms with Crippen molar-refractivity contribution in [2.24, 2.45) is 0 Å². The zero-order valence-electron chi connectivity index (χ0n) is 8.24. The molecule has 0 bridgehead atoms. The molecule has 1 rings (SSSR count). The summed E-state index contributed by atoms with van der Waals surface area (Å²) in [5.41, 5.74) is 0.315. The van der Waals surface area contributed by atoms with Gasteiger partial charge in [-0.25, -0.2) is 4.39 Å². The van der Waals surface area contributed by atoms with Crippen LogP contribution in [0.2, 0.25) is 0 Å². The number of carbonyl (C=O) groups is 1. The van der Waals surface area contributed by atoms with Gasteiger partial charge < -0.3 is 9.84 Å². The van der Waals surface area contributed by atoms with Crippen LogP contribution in [0.15, 0.2) is 24.3 Å². The highest BCUT2D eigenvalue weighted by molar-refractivity contribution is 5.70. The molecule has 0 spiro atoms. The second-order valence-corrected chi connectivity index (χ2v) is 2.89. The largest absolute Gasteiger partial charge is 0.497 e. The van der Waals surface area contributed by atoms with Crippen molar-refractivity contribution in [1.29, 1.82) is 0 Å². The average Bonchev–Trinajstić information content (AvgIpc) is 2.20. The number of halogens is 1. The van der Waals surface area contributed by atoms with Crippen molar-refractivity contribution in [3.63, 3.8) is 0 Å². The zero-order chi connectivity index (χ0) is 11.3. The third-order valence-electron chi connectivity index (χ3n) is 1.79. The average molecular weight is 210 g/mol. The van der Waals surface area contributed by atoms with Crippen molar-refractivity contribution in [3.05, 3.63) is 35.7 Å². The molecular weight excluding hydrogens is 199 g/mol. The van der Waals surface area contributed by atoms with E-state index in [9.17, 15) is 9.18 Å². The Morgan fingerprint density at radius 3 is 2.93 bits per heavy atom. The maximum Gasteiger partial charge on any atom is 0.307 e. The van der Waals surface area contributed by atoms with Gasteiger partial charge >= 0.3 is 5.97 Å². The molecule has 0 radical (unpaired) electrons. The first-order valence-electron chi connectivity index (χ1n) is 4.35. The lowest BCUT2D eigenvalue weighted by Gasteiger charge is -2.01. The smallest absolute Gasteiger partial charge is 0.307 e. The molecule has 0 unspecified atom stereocenters. The van der Waals surface area contributed by atoms with Crippen LogP contribution in [0.1, 0.15) is 12.0 Å². The summed E-state index contributed by atoms with van der Waals surface area (Å²) in [5, 5.41) is 8.39. The van der Waals surface area contributed by atoms with Crippen molar-refractivity contribution in [1.82, 2.24) is 0 Å². The number of ether oxygens (including phenoxy) is 1. The van der Waals surface area contributed by atoms with Gasteiger partial charge in [0.05, 0.1) is 13.5 Å². The molecule has 0 amide bonds. The molecule has 0 aromatic heterocycles. The molecule has 80 valence electrons. The van der Waals surface area contributed by atoms with E-state index in [1.807, 2.05) is 0 Å². The summed E-state index contributed by atoms with van der Waals surface area (Å²) < 4.78 is 18.1. The molecule has 1 aromatic rings. The summed E-state index contributed by atoms with van der Waals surface area (Å²) in [7, 11) is 1.48. The molecule has 1 aromatic carbocycles. The van der Waals surface area contributed by atoms with Crippen molar-refractivity contribution in [2.45, 2.75) is 6.42 Å². The zero-order valence-corrected chi connectivity index (χ0v) is 8.24. The Labute approximate surface area is 86.8 Å². The topological polar surface area (TPSA) is 46.5 Å². The first-order valence-corrected chi connectivity index (χ1v) is 4.35. The van der Waals surface area contributed by atoms with E-state index in [1.54, 1.807) is 0 Å². The molecule has 0 aliphatic carbocycles. The molecular formula is C11H11FO3. The van der Waals surface area contributed by atoms with Crippen molar-refractivity contribution in [2.75, 3.05) is 7.11 Å². The monoisotopic (exact) mass is 210 g/mol. The molecule has 4 heteroatoms. The highest BCUT2D eigenvalue weighted by Gasteiger charge is 2.00. The Morgan fingerprint density at radius 2 is 2.33 bits per heavy atom. The standard InChI is InChI=1S/C11H11FO3/c1-15-9-5-6-10(12)8(7-9)3-2-4-11(13)14/h2-3,5-7H,4H2,1H3,(H,13,14). The summed E-state index contributed by atoms with van der Waals surface area (Å²) in [6.45, 7) is 0. The SMILES string of the molecule is COc1ccc(F)c(C=CCC(=O)O)c1. The molecule has 3 nitrogen and oxygen atoms in total. The van der Waals surface area contributed by atoms with E-state index < -0.39 is 11.8 Å². The lowest BCUT2D eigenvalue weighted by molar-refractivity contribution is -0.135. The number of aliphatic carboxylic acids is 1. The van der Waals surface area contributed by atoms with Gasteiger partial charge in [0.2, 0.25) is 0 Å². The normalized spacial score (nSPS) is 10.5. The fourth-order valence-corrected chi connectivity index (χ4v) is 1.06. The van der Waals surface area contributed by atoms with Gasteiger partial charge in [0.25, 0.3) is 0 Å². The van der Waals surface area contributed by atoms with Crippen LogP contribution in [-0.4, -0.2) is 18.2 Å². The highest BCUT2D eigenvalue weighted by atomic mass is 19.1. The van der Waals surface area contributed by atoms with E-state index in [1.165, 1.54) is 37.5 Å². The number of carboxylic acids is 1. The fourth-order valence-electron chi connectivity index (χ4n) is 1.06. The number of methoxy groups -OCH3 is 1. The minimum absolute atomic E-state index is 0.128. The quantitative estimate of drug-likeness (QED) is 0.829. The minimum atomic E-state index is -0.949. The molecule has 0 heterocycles. The van der Waals surface area contributed by atoms with Crippen molar-refractivity contribution < 1.29 is 19.0 Å². The van der Waals surface area contributed by atoms with Gasteiger partial charge in [0, 0.05) is 5.56 Å². The first-order chi connectivity index (χ1) is 7.13. The van der Waals surface area contributed by atoms with Crippen LogP contribution >= 0.6 is 0 Å². The van der Waals surface area contributed by atoms with Crippen LogP contribution < -0.4 is 4.74 Å². The van der Waals surface area contributed by atoms with E-state index in [2.05, 4.69) is 0 Å². The Hall–Kier alpha value is -1.84. The van der Waals surface area contributed by atoms with Gasteiger partial charge in [-0.05, 0) is 18.2 Å². The molecule has 0 saturated carbocycles. The summed E-state index contributed by atoms with van der Waals surface area (Å²) in [5.74, 6) is -0.821. The van der Waals surface area contributed by atoms with Gasteiger partial charge in [-0.2, -0.15) is 0 Å². The lowest BCUT2D eigenvalue weighted by atomic mass is 10.2.